The van der Waals surface area contributed by atoms with Crippen molar-refractivity contribution in [2.45, 2.75) is 25.8 Å². The van der Waals surface area contributed by atoms with Gasteiger partial charge in [-0.1, -0.05) is 30.3 Å². The predicted molar refractivity (Wildman–Crippen MR) is 88.4 cm³/mol. The van der Waals surface area contributed by atoms with Crippen molar-refractivity contribution in [2.75, 3.05) is 26.2 Å². The van der Waals surface area contributed by atoms with E-state index in [1.54, 1.807) is 0 Å². The molecule has 0 aromatic heterocycles. The molecule has 1 fully saturated rings. The molecule has 0 spiro atoms. The minimum Gasteiger partial charge on any atom is -0.356 e. The fourth-order valence-corrected chi connectivity index (χ4v) is 2.67. The Bertz CT molecular complexity index is 405. The van der Waals surface area contributed by atoms with Gasteiger partial charge in [0.2, 0.25) is 5.91 Å². The predicted octanol–water partition coefficient (Wildman–Crippen LogP) is 1.79. The van der Waals surface area contributed by atoms with Crippen LogP contribution in [-0.4, -0.2) is 37.0 Å². The molecule has 0 bridgehead atoms. The lowest BCUT2D eigenvalue weighted by molar-refractivity contribution is -0.121. The molecule has 3 N–H and O–H groups in total. The Morgan fingerprint density at radius 1 is 1.24 bits per heavy atom. The van der Waals surface area contributed by atoms with E-state index in [-0.39, 0.29) is 18.3 Å². The number of halogens is 1. The van der Waals surface area contributed by atoms with Gasteiger partial charge in [-0.15, -0.1) is 12.4 Å². The van der Waals surface area contributed by atoms with E-state index in [1.165, 1.54) is 5.56 Å². The maximum Gasteiger partial charge on any atom is 0.221 e. The number of benzene rings is 1. The van der Waals surface area contributed by atoms with Crippen LogP contribution in [0.4, 0.5) is 0 Å². The number of nitrogens with zero attached hydrogens (tertiary/aromatic N) is 1. The maximum atomic E-state index is 11.4. The molecule has 1 aliphatic heterocycles. The second-order valence-electron chi connectivity index (χ2n) is 5.55. The number of rotatable bonds is 6. The molecule has 0 unspecified atom stereocenters. The molecule has 0 aliphatic carbocycles. The molecule has 0 saturated carbocycles. The zero-order valence-electron chi connectivity index (χ0n) is 12.5. The summed E-state index contributed by atoms with van der Waals surface area (Å²) < 4.78 is 0. The van der Waals surface area contributed by atoms with Crippen molar-refractivity contribution in [3.05, 3.63) is 35.9 Å². The zero-order valence-corrected chi connectivity index (χ0v) is 13.3. The first-order valence-electron chi connectivity index (χ1n) is 7.51. The first-order valence-corrected chi connectivity index (χ1v) is 7.51. The molecule has 1 aromatic carbocycles. The number of carbonyl (C=O) groups is 1. The highest BCUT2D eigenvalue weighted by molar-refractivity contribution is 5.85. The molecule has 1 heterocycles. The topological polar surface area (TPSA) is 58.4 Å². The van der Waals surface area contributed by atoms with Gasteiger partial charge in [0.15, 0.2) is 0 Å². The van der Waals surface area contributed by atoms with E-state index >= 15 is 0 Å². The Morgan fingerprint density at radius 3 is 2.52 bits per heavy atom. The Hall–Kier alpha value is -1.10. The van der Waals surface area contributed by atoms with Gasteiger partial charge in [0.25, 0.3) is 0 Å². The van der Waals surface area contributed by atoms with Crippen LogP contribution in [0.25, 0.3) is 0 Å². The number of nitrogens with one attached hydrogen (secondary N) is 1. The maximum absolute atomic E-state index is 11.4. The number of hydrogen-bond acceptors (Lipinski definition) is 3. The zero-order chi connectivity index (χ0) is 14.2. The van der Waals surface area contributed by atoms with Gasteiger partial charge in [-0.3, -0.25) is 9.69 Å². The molecule has 0 radical (unpaired) electrons. The number of nitrogens with two attached hydrogens (primary N) is 1. The van der Waals surface area contributed by atoms with Gasteiger partial charge in [-0.05, 0) is 37.4 Å². The van der Waals surface area contributed by atoms with Gasteiger partial charge < -0.3 is 11.1 Å². The van der Waals surface area contributed by atoms with E-state index in [1.807, 2.05) is 0 Å². The van der Waals surface area contributed by atoms with Crippen molar-refractivity contribution in [1.82, 2.24) is 10.2 Å². The lowest BCUT2D eigenvalue weighted by atomic mass is 9.96. The van der Waals surface area contributed by atoms with Gasteiger partial charge >= 0.3 is 0 Å². The van der Waals surface area contributed by atoms with E-state index in [0.717, 1.165) is 39.0 Å². The highest BCUT2D eigenvalue weighted by Gasteiger charge is 2.19. The highest BCUT2D eigenvalue weighted by atomic mass is 35.5. The summed E-state index contributed by atoms with van der Waals surface area (Å²) >= 11 is 0. The van der Waals surface area contributed by atoms with Crippen LogP contribution in [0.5, 0.6) is 0 Å². The summed E-state index contributed by atoms with van der Waals surface area (Å²) in [6.07, 6.45) is 2.76. The number of likely N-dealkylation sites (tertiary alicyclic amines) is 1. The SMILES string of the molecule is Cl.NCCC(=O)NCC1CCN(Cc2ccccc2)CC1. The van der Waals surface area contributed by atoms with Crippen LogP contribution >= 0.6 is 12.4 Å². The molecule has 0 atom stereocenters. The Labute approximate surface area is 133 Å². The normalized spacial score (nSPS) is 16.2. The van der Waals surface area contributed by atoms with Crippen molar-refractivity contribution in [3.63, 3.8) is 0 Å². The van der Waals surface area contributed by atoms with Crippen molar-refractivity contribution in [1.29, 1.82) is 0 Å². The lowest BCUT2D eigenvalue weighted by Crippen LogP contribution is -2.38. The fraction of sp³-hybridized carbons (Fsp3) is 0.562. The number of hydrogen-bond donors (Lipinski definition) is 2. The molecule has 1 aliphatic rings. The van der Waals surface area contributed by atoms with Crippen molar-refractivity contribution >= 4 is 18.3 Å². The molecule has 2 rings (SSSR count). The van der Waals surface area contributed by atoms with Crippen LogP contribution in [0.1, 0.15) is 24.8 Å². The monoisotopic (exact) mass is 311 g/mol. The summed E-state index contributed by atoms with van der Waals surface area (Å²) in [5.41, 5.74) is 6.74. The van der Waals surface area contributed by atoms with Crippen LogP contribution in [-0.2, 0) is 11.3 Å². The lowest BCUT2D eigenvalue weighted by Gasteiger charge is -2.32. The number of piperidine rings is 1. The summed E-state index contributed by atoms with van der Waals surface area (Å²) in [6.45, 7) is 4.51. The van der Waals surface area contributed by atoms with Crippen molar-refractivity contribution < 1.29 is 4.79 Å². The largest absolute Gasteiger partial charge is 0.356 e. The highest BCUT2D eigenvalue weighted by Crippen LogP contribution is 2.18. The van der Waals surface area contributed by atoms with Gasteiger partial charge in [0.05, 0.1) is 0 Å². The molecule has 1 amide bonds. The minimum atomic E-state index is 0. The van der Waals surface area contributed by atoms with E-state index in [4.69, 9.17) is 5.73 Å². The third kappa shape index (κ3) is 6.46. The molecule has 1 saturated heterocycles. The summed E-state index contributed by atoms with van der Waals surface area (Å²) in [6, 6.07) is 10.6. The molecule has 4 nitrogen and oxygen atoms in total. The summed E-state index contributed by atoms with van der Waals surface area (Å²) in [7, 11) is 0. The molecule has 118 valence electrons. The molecule has 1 aromatic rings. The number of carbonyl (C=O) groups excluding carboxylic acids is 1. The van der Waals surface area contributed by atoms with Crippen molar-refractivity contribution in [2.24, 2.45) is 11.7 Å². The van der Waals surface area contributed by atoms with Crippen LogP contribution in [0, 0.1) is 5.92 Å². The van der Waals surface area contributed by atoms with Gasteiger partial charge in [0.1, 0.15) is 0 Å². The molecular formula is C16H26ClN3O. The summed E-state index contributed by atoms with van der Waals surface area (Å²) in [5.74, 6) is 0.697. The van der Waals surface area contributed by atoms with Gasteiger partial charge in [-0.25, -0.2) is 0 Å². The molecule has 5 heteroatoms. The fourth-order valence-electron chi connectivity index (χ4n) is 2.67. The van der Waals surface area contributed by atoms with E-state index < -0.39 is 0 Å². The standard InChI is InChI=1S/C16H25N3O.ClH/c17-9-6-16(20)18-12-14-7-10-19(11-8-14)13-15-4-2-1-3-5-15;/h1-5,14H,6-13,17H2,(H,18,20);1H. The van der Waals surface area contributed by atoms with Gasteiger partial charge in [-0.2, -0.15) is 0 Å². The van der Waals surface area contributed by atoms with Crippen LogP contribution in [0.2, 0.25) is 0 Å². The average Bonchev–Trinajstić information content (AvgIpc) is 2.48. The second kappa shape index (κ2) is 9.77. The van der Waals surface area contributed by atoms with Crippen molar-refractivity contribution in [3.8, 4) is 0 Å². The third-order valence-corrected chi connectivity index (χ3v) is 3.92. The van der Waals surface area contributed by atoms with Gasteiger partial charge in [0, 0.05) is 26.1 Å². The molecule has 21 heavy (non-hydrogen) atoms. The van der Waals surface area contributed by atoms with Crippen LogP contribution < -0.4 is 11.1 Å². The summed E-state index contributed by atoms with van der Waals surface area (Å²) in [4.78, 5) is 13.9. The average molecular weight is 312 g/mol. The summed E-state index contributed by atoms with van der Waals surface area (Å²) in [5, 5.41) is 2.98. The smallest absolute Gasteiger partial charge is 0.221 e. The van der Waals surface area contributed by atoms with E-state index in [9.17, 15) is 4.79 Å². The van der Waals surface area contributed by atoms with E-state index in [0.29, 0.717) is 18.9 Å². The molecular weight excluding hydrogens is 286 g/mol. The van der Waals surface area contributed by atoms with Crippen LogP contribution in [0.15, 0.2) is 30.3 Å². The third-order valence-electron chi connectivity index (χ3n) is 3.92. The Kier molecular flexibility index (Phi) is 8.35. The Morgan fingerprint density at radius 2 is 1.90 bits per heavy atom. The Balaban J connectivity index is 0.00000220. The quantitative estimate of drug-likeness (QED) is 0.842. The number of amides is 1. The van der Waals surface area contributed by atoms with E-state index in [2.05, 4.69) is 40.5 Å². The minimum absolute atomic E-state index is 0. The first kappa shape index (κ1) is 18.0. The van der Waals surface area contributed by atoms with Crippen LogP contribution in [0.3, 0.4) is 0 Å². The first-order chi connectivity index (χ1) is 9.78. The second-order valence-corrected chi connectivity index (χ2v) is 5.55.